The van der Waals surface area contributed by atoms with Crippen molar-refractivity contribution in [1.82, 2.24) is 5.43 Å². The Labute approximate surface area is 228 Å². The molecule has 0 bridgehead atoms. The molecule has 0 aliphatic carbocycles. The lowest BCUT2D eigenvalue weighted by Gasteiger charge is -2.13. The molecule has 2 amide bonds. The van der Waals surface area contributed by atoms with Crippen molar-refractivity contribution in [2.75, 3.05) is 11.9 Å². The molecule has 3 aromatic rings. The molecule has 194 valence electrons. The maximum absolute atomic E-state index is 12.8. The zero-order valence-electron chi connectivity index (χ0n) is 20.6. The largest absolute Gasteiger partial charge is 0.481 e. The number of hydrogen-bond acceptors (Lipinski definition) is 7. The highest BCUT2D eigenvalue weighted by Crippen LogP contribution is 2.33. The molecule has 2 aromatic carbocycles. The number of benzene rings is 2. The molecule has 0 unspecified atom stereocenters. The number of hydrazone groups is 1. The second kappa shape index (κ2) is 12.7. The topological polar surface area (TPSA) is 106 Å². The number of hydrogen-bond donors (Lipinski definition) is 2. The number of carbonyl (C=O) groups is 3. The summed E-state index contributed by atoms with van der Waals surface area (Å²) in [6.07, 6.45) is 0.583. The van der Waals surface area contributed by atoms with E-state index in [2.05, 4.69) is 15.8 Å². The van der Waals surface area contributed by atoms with Crippen LogP contribution in [-0.4, -0.2) is 36.7 Å². The third-order valence-corrected chi connectivity index (χ3v) is 7.08. The third kappa shape index (κ3) is 7.31. The van der Waals surface area contributed by atoms with Crippen molar-refractivity contribution >= 4 is 63.5 Å². The van der Waals surface area contributed by atoms with Crippen molar-refractivity contribution in [1.29, 1.82) is 0 Å². The molecule has 0 fully saturated rings. The first kappa shape index (κ1) is 28.2. The van der Waals surface area contributed by atoms with Gasteiger partial charge in [-0.1, -0.05) is 29.3 Å². The zero-order chi connectivity index (χ0) is 27.1. The Balaban J connectivity index is 1.58. The van der Waals surface area contributed by atoms with Crippen molar-refractivity contribution in [3.05, 3.63) is 79.6 Å². The molecule has 0 radical (unpaired) electrons. The lowest BCUT2D eigenvalue weighted by molar-refractivity contribution is -0.127. The first-order valence-corrected chi connectivity index (χ1v) is 12.8. The van der Waals surface area contributed by atoms with E-state index in [4.69, 9.17) is 32.7 Å². The average molecular weight is 562 g/mol. The number of esters is 1. The Morgan fingerprint density at radius 2 is 1.78 bits per heavy atom. The lowest BCUT2D eigenvalue weighted by atomic mass is 10.1. The van der Waals surface area contributed by atoms with Gasteiger partial charge in [0, 0.05) is 10.4 Å². The molecule has 3 rings (SSSR count). The number of halogens is 2. The van der Waals surface area contributed by atoms with Crippen LogP contribution in [-0.2, 0) is 9.53 Å². The van der Waals surface area contributed by atoms with E-state index in [9.17, 15) is 14.4 Å². The summed E-state index contributed by atoms with van der Waals surface area (Å²) in [7, 11) is 0. The zero-order valence-corrected chi connectivity index (χ0v) is 22.9. The van der Waals surface area contributed by atoms with Gasteiger partial charge in [-0.15, -0.1) is 11.3 Å². The predicted molar refractivity (Wildman–Crippen MR) is 146 cm³/mol. The highest BCUT2D eigenvalue weighted by Gasteiger charge is 2.22. The minimum Gasteiger partial charge on any atom is -0.481 e. The maximum atomic E-state index is 12.8. The molecule has 0 aliphatic heterocycles. The standard InChI is InChI=1S/C26H25Cl2N3O5S/c1-5-35-26(34)22-14(2)16(4)37-25(22)30-24(33)18-7-9-19(10-8-18)36-15(3)23(32)31-29-13-17-6-11-20(27)21(28)12-17/h6-13,15H,5H2,1-4H3,(H,30,33)(H,31,32)/b29-13-/t15-/m0/s1. The van der Waals surface area contributed by atoms with Gasteiger partial charge in [0.15, 0.2) is 6.10 Å². The molecule has 8 nitrogen and oxygen atoms in total. The molecular weight excluding hydrogens is 537 g/mol. The molecular formula is C26H25Cl2N3O5S. The van der Waals surface area contributed by atoms with Crippen molar-refractivity contribution < 1.29 is 23.9 Å². The summed E-state index contributed by atoms with van der Waals surface area (Å²) in [6, 6.07) is 11.2. The summed E-state index contributed by atoms with van der Waals surface area (Å²) in [5, 5.41) is 7.93. The van der Waals surface area contributed by atoms with Gasteiger partial charge in [0.25, 0.3) is 11.8 Å². The van der Waals surface area contributed by atoms with Crippen LogP contribution >= 0.6 is 34.5 Å². The highest BCUT2D eigenvalue weighted by atomic mass is 35.5. The van der Waals surface area contributed by atoms with Gasteiger partial charge in [-0.3, -0.25) is 9.59 Å². The average Bonchev–Trinajstić information content (AvgIpc) is 3.14. The summed E-state index contributed by atoms with van der Waals surface area (Å²) in [5.41, 5.74) is 4.56. The number of anilines is 1. The predicted octanol–water partition coefficient (Wildman–Crippen LogP) is 6.02. The van der Waals surface area contributed by atoms with Gasteiger partial charge in [-0.25, -0.2) is 10.2 Å². The number of ether oxygens (including phenoxy) is 2. The first-order valence-electron chi connectivity index (χ1n) is 11.2. The lowest BCUT2D eigenvalue weighted by Crippen LogP contribution is -2.33. The van der Waals surface area contributed by atoms with Crippen LogP contribution in [0.1, 0.15) is 50.6 Å². The van der Waals surface area contributed by atoms with Crippen molar-refractivity contribution in [2.45, 2.75) is 33.8 Å². The quantitative estimate of drug-likeness (QED) is 0.189. The SMILES string of the molecule is CCOC(=O)c1c(NC(=O)c2ccc(O[C@@H](C)C(=O)N/N=C\c3ccc(Cl)c(Cl)c3)cc2)sc(C)c1C. The Morgan fingerprint density at radius 3 is 2.43 bits per heavy atom. The molecule has 0 spiro atoms. The van der Waals surface area contributed by atoms with Gasteiger partial charge in [0.1, 0.15) is 10.8 Å². The Hall–Kier alpha value is -3.40. The summed E-state index contributed by atoms with van der Waals surface area (Å²) in [5.74, 6) is -0.937. The molecule has 1 heterocycles. The number of nitrogens with one attached hydrogen (secondary N) is 2. The number of nitrogens with zero attached hydrogens (tertiary/aromatic N) is 1. The van der Waals surface area contributed by atoms with Crippen molar-refractivity contribution in [2.24, 2.45) is 5.10 Å². The molecule has 37 heavy (non-hydrogen) atoms. The number of thiophene rings is 1. The summed E-state index contributed by atoms with van der Waals surface area (Å²) in [6.45, 7) is 7.23. The van der Waals surface area contributed by atoms with Gasteiger partial charge in [-0.05, 0) is 75.2 Å². The Bertz CT molecular complexity index is 1340. The molecule has 0 aliphatic rings. The second-order valence-electron chi connectivity index (χ2n) is 7.85. The number of rotatable bonds is 9. The van der Waals surface area contributed by atoms with Crippen molar-refractivity contribution in [3.8, 4) is 5.75 Å². The molecule has 0 saturated heterocycles. The van der Waals surface area contributed by atoms with Crippen LogP contribution in [0.25, 0.3) is 0 Å². The molecule has 1 atom stereocenters. The first-order chi connectivity index (χ1) is 17.6. The van der Waals surface area contributed by atoms with Crippen LogP contribution < -0.4 is 15.5 Å². The maximum Gasteiger partial charge on any atom is 0.341 e. The van der Waals surface area contributed by atoms with E-state index < -0.39 is 18.0 Å². The van der Waals surface area contributed by atoms with E-state index in [0.717, 1.165) is 10.4 Å². The fourth-order valence-electron chi connectivity index (χ4n) is 3.14. The van der Waals surface area contributed by atoms with Gasteiger partial charge in [0.2, 0.25) is 0 Å². The molecule has 1 aromatic heterocycles. The van der Waals surface area contributed by atoms with Crippen molar-refractivity contribution in [3.63, 3.8) is 0 Å². The summed E-state index contributed by atoms with van der Waals surface area (Å²) in [4.78, 5) is 38.4. The fraction of sp³-hybridized carbons (Fsp3) is 0.231. The fourth-order valence-corrected chi connectivity index (χ4v) is 4.49. The second-order valence-corrected chi connectivity index (χ2v) is 9.89. The Kier molecular flexibility index (Phi) is 9.68. The smallest absolute Gasteiger partial charge is 0.341 e. The number of carbonyl (C=O) groups excluding carboxylic acids is 3. The van der Waals surface area contributed by atoms with Crippen LogP contribution in [0.5, 0.6) is 5.75 Å². The van der Waals surface area contributed by atoms with Gasteiger partial charge in [-0.2, -0.15) is 5.10 Å². The Morgan fingerprint density at radius 1 is 1.08 bits per heavy atom. The number of aryl methyl sites for hydroxylation is 1. The van der Waals surface area contributed by atoms with Crippen LogP contribution in [0.15, 0.2) is 47.6 Å². The highest BCUT2D eigenvalue weighted by molar-refractivity contribution is 7.16. The van der Waals surface area contributed by atoms with E-state index in [-0.39, 0.29) is 12.5 Å². The molecule has 0 saturated carbocycles. The number of amides is 2. The van der Waals surface area contributed by atoms with E-state index in [1.54, 1.807) is 56.3 Å². The van der Waals surface area contributed by atoms with E-state index >= 15 is 0 Å². The normalized spacial score (nSPS) is 11.7. The van der Waals surface area contributed by atoms with Crippen LogP contribution in [0.3, 0.4) is 0 Å². The minimum atomic E-state index is -0.852. The van der Waals surface area contributed by atoms with E-state index in [1.165, 1.54) is 17.6 Å². The van der Waals surface area contributed by atoms with Crippen LogP contribution in [0.2, 0.25) is 10.0 Å². The van der Waals surface area contributed by atoms with E-state index in [1.807, 2.05) is 13.8 Å². The van der Waals surface area contributed by atoms with Crippen LogP contribution in [0, 0.1) is 13.8 Å². The van der Waals surface area contributed by atoms with Crippen LogP contribution in [0.4, 0.5) is 5.00 Å². The summed E-state index contributed by atoms with van der Waals surface area (Å²) < 4.78 is 10.8. The third-order valence-electron chi connectivity index (χ3n) is 5.22. The van der Waals surface area contributed by atoms with Gasteiger partial charge >= 0.3 is 5.97 Å². The minimum absolute atomic E-state index is 0.238. The summed E-state index contributed by atoms with van der Waals surface area (Å²) >= 11 is 13.2. The molecule has 2 N–H and O–H groups in total. The van der Waals surface area contributed by atoms with Gasteiger partial charge < -0.3 is 14.8 Å². The van der Waals surface area contributed by atoms with Gasteiger partial charge in [0.05, 0.1) is 28.4 Å². The monoisotopic (exact) mass is 561 g/mol. The molecule has 11 heteroatoms. The van der Waals surface area contributed by atoms with E-state index in [0.29, 0.717) is 37.5 Å².